The summed E-state index contributed by atoms with van der Waals surface area (Å²) in [6, 6.07) is 0. The second-order valence-corrected chi connectivity index (χ2v) is 6.08. The highest BCUT2D eigenvalue weighted by atomic mass is 16.5. The van der Waals surface area contributed by atoms with Gasteiger partial charge in [0.25, 0.3) is 0 Å². The van der Waals surface area contributed by atoms with Crippen molar-refractivity contribution in [2.75, 3.05) is 33.8 Å². The first-order valence-electron chi connectivity index (χ1n) is 8.68. The van der Waals surface area contributed by atoms with Gasteiger partial charge in [0.2, 0.25) is 0 Å². The van der Waals surface area contributed by atoms with Crippen molar-refractivity contribution in [1.29, 1.82) is 0 Å². The molecule has 1 atom stereocenters. The van der Waals surface area contributed by atoms with Gasteiger partial charge in [0.15, 0.2) is 5.96 Å². The fourth-order valence-electron chi connectivity index (χ4n) is 3.35. The third kappa shape index (κ3) is 5.85. The van der Waals surface area contributed by atoms with E-state index in [1.54, 1.807) is 0 Å². The van der Waals surface area contributed by atoms with Gasteiger partial charge >= 0.3 is 5.97 Å². The molecule has 0 saturated carbocycles. The van der Waals surface area contributed by atoms with Crippen LogP contribution in [0.15, 0.2) is 4.99 Å². The molecule has 0 amide bonds. The number of nitrogens with zero attached hydrogens (tertiary/aromatic N) is 2. The van der Waals surface area contributed by atoms with Crippen LogP contribution in [0.4, 0.5) is 0 Å². The van der Waals surface area contributed by atoms with E-state index in [1.807, 2.05) is 7.05 Å². The Morgan fingerprint density at radius 3 is 2.68 bits per heavy atom. The predicted octanol–water partition coefficient (Wildman–Crippen LogP) is 2.66. The van der Waals surface area contributed by atoms with Crippen LogP contribution in [-0.4, -0.2) is 50.6 Å². The smallest absolute Gasteiger partial charge is 0.305 e. The molecule has 0 bridgehead atoms. The Morgan fingerprint density at radius 1 is 1.36 bits per heavy atom. The molecule has 1 aliphatic heterocycles. The van der Waals surface area contributed by atoms with Gasteiger partial charge in [-0.05, 0) is 31.1 Å². The summed E-state index contributed by atoms with van der Waals surface area (Å²) >= 11 is 0. The number of likely N-dealkylation sites (tertiary alicyclic amines) is 1. The first kappa shape index (κ1) is 18.8. The van der Waals surface area contributed by atoms with Crippen LogP contribution in [0.2, 0.25) is 0 Å². The summed E-state index contributed by atoms with van der Waals surface area (Å²) in [6.07, 6.45) is 6.13. The summed E-state index contributed by atoms with van der Waals surface area (Å²) in [5.41, 5.74) is 0. The topological polar surface area (TPSA) is 53.9 Å². The van der Waals surface area contributed by atoms with Gasteiger partial charge in [0.05, 0.1) is 7.11 Å². The van der Waals surface area contributed by atoms with Crippen LogP contribution in [0.5, 0.6) is 0 Å². The molecule has 1 saturated heterocycles. The highest BCUT2D eigenvalue weighted by Crippen LogP contribution is 2.28. The van der Waals surface area contributed by atoms with Crippen LogP contribution in [0.3, 0.4) is 0 Å². The molecule has 1 rings (SSSR count). The summed E-state index contributed by atoms with van der Waals surface area (Å²) in [7, 11) is 3.29. The number of aliphatic imine (C=N–C) groups is 1. The molecular weight excluding hydrogens is 278 g/mol. The standard InChI is InChI=1S/C17H33N3O2/c1-5-14(6-2)15-10-12-20(13-15)17(18-3)19-11-8-7-9-16(21)22-4/h14-15H,5-13H2,1-4H3,(H,18,19). The summed E-state index contributed by atoms with van der Waals surface area (Å²) in [5, 5.41) is 3.42. The Hall–Kier alpha value is -1.26. The molecule has 1 N–H and O–H groups in total. The Labute approximate surface area is 135 Å². The Kier molecular flexibility index (Phi) is 8.94. The summed E-state index contributed by atoms with van der Waals surface area (Å²) in [6.45, 7) is 7.67. The number of carbonyl (C=O) groups is 1. The van der Waals surface area contributed by atoms with Gasteiger partial charge in [-0.1, -0.05) is 26.7 Å². The lowest BCUT2D eigenvalue weighted by Crippen LogP contribution is -2.40. The van der Waals surface area contributed by atoms with Gasteiger partial charge in [0.1, 0.15) is 0 Å². The van der Waals surface area contributed by atoms with E-state index in [0.717, 1.165) is 50.3 Å². The zero-order chi connectivity index (χ0) is 16.4. The number of rotatable bonds is 8. The minimum absolute atomic E-state index is 0.128. The minimum atomic E-state index is -0.128. The molecule has 0 aliphatic carbocycles. The van der Waals surface area contributed by atoms with Gasteiger partial charge < -0.3 is 15.0 Å². The molecule has 128 valence electrons. The van der Waals surface area contributed by atoms with Crippen molar-refractivity contribution in [1.82, 2.24) is 10.2 Å². The number of hydrogen-bond donors (Lipinski definition) is 1. The second kappa shape index (κ2) is 10.5. The quantitative estimate of drug-likeness (QED) is 0.324. The van der Waals surface area contributed by atoms with E-state index in [0.29, 0.717) is 6.42 Å². The fourth-order valence-corrected chi connectivity index (χ4v) is 3.35. The van der Waals surface area contributed by atoms with Crippen molar-refractivity contribution in [3.8, 4) is 0 Å². The maximum atomic E-state index is 11.1. The number of ether oxygens (including phenoxy) is 1. The normalized spacial score (nSPS) is 18.9. The molecule has 5 nitrogen and oxygen atoms in total. The van der Waals surface area contributed by atoms with Gasteiger partial charge in [-0.25, -0.2) is 0 Å². The van der Waals surface area contributed by atoms with Crippen LogP contribution >= 0.6 is 0 Å². The zero-order valence-corrected chi connectivity index (χ0v) is 14.7. The van der Waals surface area contributed by atoms with Crippen LogP contribution in [0.1, 0.15) is 52.4 Å². The summed E-state index contributed by atoms with van der Waals surface area (Å²) in [5.74, 6) is 2.51. The number of hydrogen-bond acceptors (Lipinski definition) is 3. The molecule has 5 heteroatoms. The zero-order valence-electron chi connectivity index (χ0n) is 14.7. The number of unbranched alkanes of at least 4 members (excludes halogenated alkanes) is 1. The fraction of sp³-hybridized carbons (Fsp3) is 0.882. The van der Waals surface area contributed by atoms with Gasteiger partial charge in [-0.15, -0.1) is 0 Å². The molecular formula is C17H33N3O2. The average molecular weight is 311 g/mol. The van der Waals surface area contributed by atoms with E-state index < -0.39 is 0 Å². The molecule has 0 radical (unpaired) electrons. The largest absolute Gasteiger partial charge is 0.469 e. The SMILES string of the molecule is CCC(CC)C1CCN(C(=NC)NCCCCC(=O)OC)C1. The van der Waals surface area contributed by atoms with Crippen molar-refractivity contribution in [3.63, 3.8) is 0 Å². The molecule has 1 unspecified atom stereocenters. The van der Waals surface area contributed by atoms with Crippen LogP contribution in [0.25, 0.3) is 0 Å². The first-order chi connectivity index (χ1) is 10.7. The van der Waals surface area contributed by atoms with Gasteiger partial charge in [-0.3, -0.25) is 9.79 Å². The van der Waals surface area contributed by atoms with E-state index >= 15 is 0 Å². The third-order valence-electron chi connectivity index (χ3n) is 4.77. The van der Waals surface area contributed by atoms with Crippen molar-refractivity contribution in [2.24, 2.45) is 16.8 Å². The number of esters is 1. The van der Waals surface area contributed by atoms with Crippen LogP contribution in [0, 0.1) is 11.8 Å². The Bertz CT molecular complexity index is 354. The average Bonchev–Trinajstić information content (AvgIpc) is 3.01. The predicted molar refractivity (Wildman–Crippen MR) is 91.0 cm³/mol. The molecule has 0 spiro atoms. The van der Waals surface area contributed by atoms with Crippen molar-refractivity contribution in [2.45, 2.75) is 52.4 Å². The lowest BCUT2D eigenvalue weighted by Gasteiger charge is -2.24. The molecule has 1 aliphatic rings. The highest BCUT2D eigenvalue weighted by Gasteiger charge is 2.29. The molecule has 0 aromatic rings. The number of guanidine groups is 1. The van der Waals surface area contributed by atoms with Crippen molar-refractivity contribution < 1.29 is 9.53 Å². The van der Waals surface area contributed by atoms with Gasteiger partial charge in [0, 0.05) is 33.1 Å². The van der Waals surface area contributed by atoms with E-state index in [1.165, 1.54) is 26.4 Å². The first-order valence-corrected chi connectivity index (χ1v) is 8.68. The third-order valence-corrected chi connectivity index (χ3v) is 4.77. The van der Waals surface area contributed by atoms with Crippen LogP contribution in [-0.2, 0) is 9.53 Å². The number of carbonyl (C=O) groups excluding carboxylic acids is 1. The summed E-state index contributed by atoms with van der Waals surface area (Å²) in [4.78, 5) is 17.8. The molecule has 1 heterocycles. The number of nitrogens with one attached hydrogen (secondary N) is 1. The summed E-state index contributed by atoms with van der Waals surface area (Å²) < 4.78 is 4.64. The maximum absolute atomic E-state index is 11.1. The monoisotopic (exact) mass is 311 g/mol. The number of methoxy groups -OCH3 is 1. The molecule has 0 aromatic carbocycles. The van der Waals surface area contributed by atoms with Gasteiger partial charge in [-0.2, -0.15) is 0 Å². The molecule has 22 heavy (non-hydrogen) atoms. The van der Waals surface area contributed by atoms with Crippen molar-refractivity contribution in [3.05, 3.63) is 0 Å². The Morgan fingerprint density at radius 2 is 2.09 bits per heavy atom. The van der Waals surface area contributed by atoms with E-state index in [4.69, 9.17) is 0 Å². The lowest BCUT2D eigenvalue weighted by molar-refractivity contribution is -0.140. The van der Waals surface area contributed by atoms with Crippen molar-refractivity contribution >= 4 is 11.9 Å². The van der Waals surface area contributed by atoms with E-state index in [-0.39, 0.29) is 5.97 Å². The minimum Gasteiger partial charge on any atom is -0.469 e. The Balaban J connectivity index is 2.29. The second-order valence-electron chi connectivity index (χ2n) is 6.08. The van der Waals surface area contributed by atoms with Crippen LogP contribution < -0.4 is 5.32 Å². The maximum Gasteiger partial charge on any atom is 0.305 e. The lowest BCUT2D eigenvalue weighted by atomic mass is 9.87. The van der Waals surface area contributed by atoms with E-state index in [2.05, 4.69) is 33.8 Å². The molecule has 0 aromatic heterocycles. The highest BCUT2D eigenvalue weighted by molar-refractivity contribution is 5.80. The van der Waals surface area contributed by atoms with E-state index in [9.17, 15) is 4.79 Å². The molecule has 1 fully saturated rings.